The Morgan fingerprint density at radius 2 is 1.50 bits per heavy atom. The average Bonchev–Trinajstić information content (AvgIpc) is 2.58. The van der Waals surface area contributed by atoms with Crippen LogP contribution in [0.3, 0.4) is 0 Å². The van der Waals surface area contributed by atoms with Crippen molar-refractivity contribution in [1.29, 1.82) is 0 Å². The van der Waals surface area contributed by atoms with E-state index in [9.17, 15) is 24.9 Å². The van der Waals surface area contributed by atoms with E-state index in [1.807, 2.05) is 0 Å². The van der Waals surface area contributed by atoms with Crippen molar-refractivity contribution < 1.29 is 29.6 Å². The Labute approximate surface area is 154 Å². The molecule has 0 bridgehead atoms. The van der Waals surface area contributed by atoms with E-state index in [1.54, 1.807) is 0 Å². The predicted molar refractivity (Wildman–Crippen MR) is 98.5 cm³/mol. The van der Waals surface area contributed by atoms with E-state index in [0.29, 0.717) is 6.42 Å². The van der Waals surface area contributed by atoms with Crippen LogP contribution in [0.15, 0.2) is 12.1 Å². The van der Waals surface area contributed by atoms with Crippen molar-refractivity contribution in [3.05, 3.63) is 17.7 Å². The lowest BCUT2D eigenvalue weighted by atomic mass is 10.0. The van der Waals surface area contributed by atoms with E-state index in [0.717, 1.165) is 37.3 Å². The maximum atomic E-state index is 11.8. The summed E-state index contributed by atoms with van der Waals surface area (Å²) < 4.78 is 4.97. The lowest BCUT2D eigenvalue weighted by Crippen LogP contribution is -2.10. The molecule has 0 unspecified atom stereocenters. The van der Waals surface area contributed by atoms with Gasteiger partial charge in [0.1, 0.15) is 5.78 Å². The molecule has 0 heterocycles. The number of carbonyl (C=O) groups excluding carboxylic acids is 2. The van der Waals surface area contributed by atoms with Gasteiger partial charge in [-0.25, -0.2) is 4.79 Å². The highest BCUT2D eigenvalue weighted by molar-refractivity contribution is 5.91. The molecule has 6 nitrogen and oxygen atoms in total. The Morgan fingerprint density at radius 1 is 0.923 bits per heavy atom. The SMILES string of the molecule is CC(C)CCCCCCCC(=O)CCOC(=O)c1cc(O)c(O)c(O)c1. The molecule has 0 fully saturated rings. The van der Waals surface area contributed by atoms with E-state index < -0.39 is 23.2 Å². The number of phenols is 3. The zero-order chi connectivity index (χ0) is 19.5. The first-order valence-corrected chi connectivity index (χ1v) is 9.25. The molecule has 0 spiro atoms. The van der Waals surface area contributed by atoms with E-state index in [1.165, 1.54) is 19.3 Å². The summed E-state index contributed by atoms with van der Waals surface area (Å²) in [7, 11) is 0. The summed E-state index contributed by atoms with van der Waals surface area (Å²) in [5.41, 5.74) is -0.0911. The third-order valence-corrected chi connectivity index (χ3v) is 4.16. The molecule has 0 amide bonds. The summed E-state index contributed by atoms with van der Waals surface area (Å²) in [4.78, 5) is 23.6. The van der Waals surface area contributed by atoms with E-state index in [2.05, 4.69) is 13.8 Å². The molecule has 0 radical (unpaired) electrons. The van der Waals surface area contributed by atoms with Crippen LogP contribution >= 0.6 is 0 Å². The Bertz CT molecular complexity index is 571. The number of ether oxygens (including phenoxy) is 1. The lowest BCUT2D eigenvalue weighted by Gasteiger charge is -2.07. The van der Waals surface area contributed by atoms with Crippen LogP contribution in [0.25, 0.3) is 0 Å². The third-order valence-electron chi connectivity index (χ3n) is 4.16. The molecule has 0 atom stereocenters. The number of benzene rings is 1. The maximum Gasteiger partial charge on any atom is 0.338 e. The highest BCUT2D eigenvalue weighted by Gasteiger charge is 2.15. The number of rotatable bonds is 12. The minimum Gasteiger partial charge on any atom is -0.504 e. The number of carbonyl (C=O) groups is 2. The molecular formula is C20H30O6. The quantitative estimate of drug-likeness (QED) is 0.289. The Balaban J connectivity index is 2.17. The lowest BCUT2D eigenvalue weighted by molar-refractivity contribution is -0.119. The third kappa shape index (κ3) is 8.23. The van der Waals surface area contributed by atoms with Crippen LogP contribution in [0.5, 0.6) is 17.2 Å². The van der Waals surface area contributed by atoms with Gasteiger partial charge in [0.15, 0.2) is 17.2 Å². The zero-order valence-electron chi connectivity index (χ0n) is 15.7. The highest BCUT2D eigenvalue weighted by atomic mass is 16.5. The van der Waals surface area contributed by atoms with Crippen LogP contribution < -0.4 is 0 Å². The second kappa shape index (κ2) is 11.4. The van der Waals surface area contributed by atoms with Crippen LogP contribution in [0, 0.1) is 5.92 Å². The average molecular weight is 366 g/mol. The molecule has 26 heavy (non-hydrogen) atoms. The maximum absolute atomic E-state index is 11.8. The molecule has 3 N–H and O–H groups in total. The fourth-order valence-electron chi connectivity index (χ4n) is 2.59. The minimum absolute atomic E-state index is 0.0472. The fraction of sp³-hybridized carbons (Fsp3) is 0.600. The number of phenolic OH excluding ortho intramolecular Hbond substituents is 3. The molecule has 0 aromatic heterocycles. The first kappa shape index (κ1) is 21.8. The summed E-state index contributed by atoms with van der Waals surface area (Å²) in [5.74, 6) is -1.89. The van der Waals surface area contributed by atoms with Crippen LogP contribution in [0.2, 0.25) is 0 Å². The molecule has 0 aliphatic carbocycles. The van der Waals surface area contributed by atoms with Gasteiger partial charge in [0.25, 0.3) is 0 Å². The summed E-state index contributed by atoms with van der Waals surface area (Å²) in [5, 5.41) is 28.0. The van der Waals surface area contributed by atoms with Crippen molar-refractivity contribution >= 4 is 11.8 Å². The second-order valence-electron chi connectivity index (χ2n) is 6.99. The normalized spacial score (nSPS) is 10.9. The number of hydrogen-bond donors (Lipinski definition) is 3. The standard InChI is InChI=1S/C20H30O6/c1-14(2)8-6-4-3-5-7-9-16(21)10-11-26-20(25)15-12-17(22)19(24)18(23)13-15/h12-14,22-24H,3-11H2,1-2H3. The Hall–Kier alpha value is -2.24. The van der Waals surface area contributed by atoms with Crippen LogP contribution in [0.1, 0.15) is 75.6 Å². The van der Waals surface area contributed by atoms with Crippen molar-refractivity contribution in [2.75, 3.05) is 6.61 Å². The van der Waals surface area contributed by atoms with Gasteiger partial charge in [-0.15, -0.1) is 0 Å². The summed E-state index contributed by atoms with van der Waals surface area (Å²) in [6.07, 6.45) is 7.37. The molecule has 6 heteroatoms. The molecular weight excluding hydrogens is 336 g/mol. The van der Waals surface area contributed by atoms with Gasteiger partial charge in [0.05, 0.1) is 12.2 Å². The molecule has 0 aliphatic rings. The largest absolute Gasteiger partial charge is 0.504 e. The molecule has 1 rings (SSSR count). The van der Waals surface area contributed by atoms with Crippen molar-refractivity contribution in [2.45, 2.75) is 65.2 Å². The highest BCUT2D eigenvalue weighted by Crippen LogP contribution is 2.35. The van der Waals surface area contributed by atoms with Crippen LogP contribution in [-0.4, -0.2) is 33.7 Å². The number of hydrogen-bond acceptors (Lipinski definition) is 6. The topological polar surface area (TPSA) is 104 Å². The van der Waals surface area contributed by atoms with Crippen molar-refractivity contribution in [2.24, 2.45) is 5.92 Å². The molecule has 1 aromatic rings. The fourth-order valence-corrected chi connectivity index (χ4v) is 2.59. The van der Waals surface area contributed by atoms with E-state index in [-0.39, 0.29) is 24.4 Å². The van der Waals surface area contributed by atoms with Crippen LogP contribution in [-0.2, 0) is 9.53 Å². The van der Waals surface area contributed by atoms with Gasteiger partial charge >= 0.3 is 5.97 Å². The minimum atomic E-state index is -0.770. The van der Waals surface area contributed by atoms with Crippen molar-refractivity contribution in [3.8, 4) is 17.2 Å². The van der Waals surface area contributed by atoms with Gasteiger partial charge < -0.3 is 20.1 Å². The van der Waals surface area contributed by atoms with Crippen molar-refractivity contribution in [3.63, 3.8) is 0 Å². The summed E-state index contributed by atoms with van der Waals surface area (Å²) in [6, 6.07) is 2.00. The number of esters is 1. The summed E-state index contributed by atoms with van der Waals surface area (Å²) >= 11 is 0. The number of Topliss-reactive ketones (excluding diaryl/α,β-unsaturated/α-hetero) is 1. The van der Waals surface area contributed by atoms with Gasteiger partial charge in [0.2, 0.25) is 0 Å². The molecule has 0 saturated heterocycles. The predicted octanol–water partition coefficient (Wildman–Crippen LogP) is 4.31. The van der Waals surface area contributed by atoms with Gasteiger partial charge in [-0.05, 0) is 24.5 Å². The van der Waals surface area contributed by atoms with Crippen LogP contribution in [0.4, 0.5) is 0 Å². The molecule has 0 saturated carbocycles. The smallest absolute Gasteiger partial charge is 0.338 e. The van der Waals surface area contributed by atoms with E-state index in [4.69, 9.17) is 4.74 Å². The number of ketones is 1. The zero-order valence-corrected chi connectivity index (χ0v) is 15.7. The molecule has 146 valence electrons. The van der Waals surface area contributed by atoms with Gasteiger partial charge in [-0.1, -0.05) is 46.0 Å². The van der Waals surface area contributed by atoms with Crippen molar-refractivity contribution in [1.82, 2.24) is 0 Å². The second-order valence-corrected chi connectivity index (χ2v) is 6.99. The molecule has 0 aliphatic heterocycles. The first-order valence-electron chi connectivity index (χ1n) is 9.25. The van der Waals surface area contributed by atoms with Gasteiger partial charge in [0, 0.05) is 12.8 Å². The van der Waals surface area contributed by atoms with E-state index >= 15 is 0 Å². The van der Waals surface area contributed by atoms with Gasteiger partial charge in [-0.3, -0.25) is 4.79 Å². The molecule has 1 aromatic carbocycles. The Morgan fingerprint density at radius 3 is 2.12 bits per heavy atom. The Kier molecular flexibility index (Phi) is 9.55. The number of unbranched alkanes of at least 4 members (excludes halogenated alkanes) is 4. The monoisotopic (exact) mass is 366 g/mol. The number of aromatic hydroxyl groups is 3. The first-order chi connectivity index (χ1) is 12.3. The summed E-state index contributed by atoms with van der Waals surface area (Å²) in [6.45, 7) is 4.39. The van der Waals surface area contributed by atoms with Gasteiger partial charge in [-0.2, -0.15) is 0 Å².